The number of rotatable bonds is 6. The molecule has 1 rings (SSSR count). The van der Waals surface area contributed by atoms with Gasteiger partial charge in [-0.2, -0.15) is 0 Å². The van der Waals surface area contributed by atoms with E-state index in [1.165, 1.54) is 30.4 Å². The van der Waals surface area contributed by atoms with Gasteiger partial charge in [0.25, 0.3) is 5.91 Å². The van der Waals surface area contributed by atoms with Gasteiger partial charge < -0.3 is 5.32 Å². The molecule has 20 heavy (non-hydrogen) atoms. The maximum atomic E-state index is 12.1. The zero-order valence-electron chi connectivity index (χ0n) is 11.7. The van der Waals surface area contributed by atoms with Crippen LogP contribution in [-0.2, 0) is 9.59 Å². The number of hydrogen-bond donors (Lipinski definition) is 1. The Kier molecular flexibility index (Phi) is 7.18. The Morgan fingerprint density at radius 1 is 1.10 bits per heavy atom. The average Bonchev–Trinajstić information content (AvgIpc) is 2.45. The highest BCUT2D eigenvalue weighted by molar-refractivity contribution is 8.21. The van der Waals surface area contributed by atoms with Gasteiger partial charge in [0.05, 0.1) is 4.24 Å². The summed E-state index contributed by atoms with van der Waals surface area (Å²) < 4.78 is 0.725. The van der Waals surface area contributed by atoms with Gasteiger partial charge in [0.1, 0.15) is 5.57 Å². The molecule has 0 aliphatic rings. The van der Waals surface area contributed by atoms with Crippen molar-refractivity contribution in [3.8, 4) is 0 Å². The molecule has 0 aliphatic carbocycles. The molecule has 0 saturated heterocycles. The second kappa shape index (κ2) is 8.66. The SMILES string of the molecule is CSC(SC)=C(C(C)=O)C(=O)N/C=C/c1ccccc1. The summed E-state index contributed by atoms with van der Waals surface area (Å²) in [5, 5.41) is 2.64. The minimum Gasteiger partial charge on any atom is -0.328 e. The summed E-state index contributed by atoms with van der Waals surface area (Å²) in [6, 6.07) is 9.62. The van der Waals surface area contributed by atoms with Gasteiger partial charge in [0, 0.05) is 6.20 Å². The van der Waals surface area contributed by atoms with Crippen LogP contribution in [0.2, 0.25) is 0 Å². The van der Waals surface area contributed by atoms with Gasteiger partial charge in [0.15, 0.2) is 5.78 Å². The van der Waals surface area contributed by atoms with Crippen molar-refractivity contribution in [2.24, 2.45) is 0 Å². The molecule has 0 bridgehead atoms. The highest BCUT2D eigenvalue weighted by Crippen LogP contribution is 2.28. The molecule has 1 aromatic rings. The number of hydrogen-bond acceptors (Lipinski definition) is 4. The van der Waals surface area contributed by atoms with Crippen molar-refractivity contribution in [2.75, 3.05) is 12.5 Å². The Morgan fingerprint density at radius 3 is 2.20 bits per heavy atom. The third-order valence-electron chi connectivity index (χ3n) is 2.44. The first-order valence-electron chi connectivity index (χ1n) is 5.95. The van der Waals surface area contributed by atoms with Gasteiger partial charge in [-0.1, -0.05) is 30.3 Å². The third-order valence-corrected chi connectivity index (χ3v) is 4.59. The molecule has 5 heteroatoms. The number of Topliss-reactive ketones (excluding diaryl/α,β-unsaturated/α-hetero) is 1. The topological polar surface area (TPSA) is 46.2 Å². The highest BCUT2D eigenvalue weighted by Gasteiger charge is 2.18. The van der Waals surface area contributed by atoms with E-state index in [2.05, 4.69) is 5.32 Å². The van der Waals surface area contributed by atoms with Crippen LogP contribution in [0.4, 0.5) is 0 Å². The molecule has 0 spiro atoms. The molecule has 0 saturated carbocycles. The van der Waals surface area contributed by atoms with Crippen LogP contribution in [0.15, 0.2) is 46.3 Å². The standard InChI is InChI=1S/C15H17NO2S2/c1-11(17)13(15(19-2)20-3)14(18)16-10-9-12-7-5-4-6-8-12/h4-10H,1-3H3,(H,16,18)/b10-9+. The van der Waals surface area contributed by atoms with Crippen LogP contribution in [0.1, 0.15) is 12.5 Å². The Labute approximate surface area is 127 Å². The maximum absolute atomic E-state index is 12.1. The van der Waals surface area contributed by atoms with E-state index >= 15 is 0 Å². The maximum Gasteiger partial charge on any atom is 0.260 e. The predicted octanol–water partition coefficient (Wildman–Crippen LogP) is 3.30. The van der Waals surface area contributed by atoms with E-state index in [1.807, 2.05) is 42.8 Å². The van der Waals surface area contributed by atoms with E-state index in [4.69, 9.17) is 0 Å². The molecule has 0 aliphatic heterocycles. The second-order valence-electron chi connectivity index (χ2n) is 3.84. The van der Waals surface area contributed by atoms with Crippen LogP contribution >= 0.6 is 23.5 Å². The van der Waals surface area contributed by atoms with Gasteiger partial charge >= 0.3 is 0 Å². The van der Waals surface area contributed by atoms with Crippen molar-refractivity contribution in [1.29, 1.82) is 0 Å². The van der Waals surface area contributed by atoms with E-state index in [0.717, 1.165) is 9.80 Å². The lowest BCUT2D eigenvalue weighted by atomic mass is 10.2. The number of ketones is 1. The molecular formula is C15H17NO2S2. The molecule has 0 fully saturated rings. The largest absolute Gasteiger partial charge is 0.328 e. The molecule has 1 amide bonds. The lowest BCUT2D eigenvalue weighted by molar-refractivity contribution is -0.121. The Bertz CT molecular complexity index is 530. The van der Waals surface area contributed by atoms with Crippen molar-refractivity contribution in [2.45, 2.75) is 6.92 Å². The van der Waals surface area contributed by atoms with Gasteiger partial charge in [-0.15, -0.1) is 23.5 Å². The molecule has 106 valence electrons. The molecule has 1 N–H and O–H groups in total. The average molecular weight is 307 g/mol. The van der Waals surface area contributed by atoms with Gasteiger partial charge in [-0.05, 0) is 31.1 Å². The molecule has 0 radical (unpaired) electrons. The van der Waals surface area contributed by atoms with Gasteiger partial charge in [0.2, 0.25) is 0 Å². The monoisotopic (exact) mass is 307 g/mol. The van der Waals surface area contributed by atoms with Crippen LogP contribution in [0.25, 0.3) is 6.08 Å². The van der Waals surface area contributed by atoms with Gasteiger partial charge in [-0.3, -0.25) is 9.59 Å². The lowest BCUT2D eigenvalue weighted by Crippen LogP contribution is -2.23. The first kappa shape index (κ1) is 16.6. The van der Waals surface area contributed by atoms with Crippen molar-refractivity contribution in [3.05, 3.63) is 51.9 Å². The zero-order chi connectivity index (χ0) is 15.0. The summed E-state index contributed by atoms with van der Waals surface area (Å²) in [6.07, 6.45) is 7.04. The molecule has 0 heterocycles. The highest BCUT2D eigenvalue weighted by atomic mass is 32.2. The molecule has 0 atom stereocenters. The van der Waals surface area contributed by atoms with Crippen LogP contribution in [0.3, 0.4) is 0 Å². The zero-order valence-corrected chi connectivity index (χ0v) is 13.3. The fraction of sp³-hybridized carbons (Fsp3) is 0.200. The normalized spacial score (nSPS) is 10.3. The summed E-state index contributed by atoms with van der Waals surface area (Å²) in [5.74, 6) is -0.599. The van der Waals surface area contributed by atoms with Crippen molar-refractivity contribution >= 4 is 41.3 Å². The minimum atomic E-state index is -0.372. The number of carbonyl (C=O) groups excluding carboxylic acids is 2. The van der Waals surface area contributed by atoms with E-state index in [1.54, 1.807) is 12.3 Å². The molecule has 1 aromatic carbocycles. The van der Waals surface area contributed by atoms with Crippen LogP contribution in [-0.4, -0.2) is 24.2 Å². The second-order valence-corrected chi connectivity index (χ2v) is 5.74. The molecule has 0 unspecified atom stereocenters. The molecular weight excluding hydrogens is 290 g/mol. The summed E-state index contributed by atoms with van der Waals surface area (Å²) in [6.45, 7) is 1.41. The van der Waals surface area contributed by atoms with Crippen LogP contribution < -0.4 is 5.32 Å². The molecule has 0 aromatic heterocycles. The predicted molar refractivity (Wildman–Crippen MR) is 88.4 cm³/mol. The van der Waals surface area contributed by atoms with E-state index in [9.17, 15) is 9.59 Å². The fourth-order valence-corrected chi connectivity index (χ4v) is 3.08. The third kappa shape index (κ3) is 4.90. The first-order valence-corrected chi connectivity index (χ1v) is 8.40. The summed E-state index contributed by atoms with van der Waals surface area (Å²) in [4.78, 5) is 23.7. The summed E-state index contributed by atoms with van der Waals surface area (Å²) in [5.41, 5.74) is 1.19. The van der Waals surface area contributed by atoms with Crippen molar-refractivity contribution < 1.29 is 9.59 Å². The van der Waals surface area contributed by atoms with Gasteiger partial charge in [-0.25, -0.2) is 0 Å². The van der Waals surface area contributed by atoms with Crippen molar-refractivity contribution in [1.82, 2.24) is 5.32 Å². The quantitative estimate of drug-likeness (QED) is 0.497. The number of thioether (sulfide) groups is 2. The Balaban J connectivity index is 2.81. The summed E-state index contributed by atoms with van der Waals surface area (Å²) in [7, 11) is 0. The minimum absolute atomic E-state index is 0.211. The number of benzene rings is 1. The number of nitrogens with one attached hydrogen (secondary N) is 1. The van der Waals surface area contributed by atoms with E-state index < -0.39 is 0 Å². The Morgan fingerprint density at radius 2 is 1.70 bits per heavy atom. The fourth-order valence-electron chi connectivity index (χ4n) is 1.53. The van der Waals surface area contributed by atoms with Crippen molar-refractivity contribution in [3.63, 3.8) is 0 Å². The smallest absolute Gasteiger partial charge is 0.260 e. The number of carbonyl (C=O) groups is 2. The first-order chi connectivity index (χ1) is 9.60. The van der Waals surface area contributed by atoms with E-state index in [-0.39, 0.29) is 17.3 Å². The van der Waals surface area contributed by atoms with Crippen LogP contribution in [0, 0.1) is 0 Å². The Hall–Kier alpha value is -1.46. The number of amides is 1. The lowest BCUT2D eigenvalue weighted by Gasteiger charge is -2.07. The summed E-state index contributed by atoms with van der Waals surface area (Å²) >= 11 is 2.80. The molecule has 3 nitrogen and oxygen atoms in total. The van der Waals surface area contributed by atoms with E-state index in [0.29, 0.717) is 0 Å². The van der Waals surface area contributed by atoms with Crippen LogP contribution in [0.5, 0.6) is 0 Å².